The lowest BCUT2D eigenvalue weighted by Crippen LogP contribution is -2.14. The second-order valence-electron chi connectivity index (χ2n) is 5.91. The van der Waals surface area contributed by atoms with Crippen molar-refractivity contribution in [2.75, 3.05) is 11.1 Å². The number of nitrogens with one attached hydrogen (secondary N) is 1. The molecule has 2 aromatic heterocycles. The van der Waals surface area contributed by atoms with Gasteiger partial charge in [0.25, 0.3) is 5.89 Å². The predicted molar refractivity (Wildman–Crippen MR) is 102 cm³/mol. The zero-order chi connectivity index (χ0) is 18.5. The van der Waals surface area contributed by atoms with Gasteiger partial charge in [-0.3, -0.25) is 4.79 Å². The molecule has 2 heterocycles. The summed E-state index contributed by atoms with van der Waals surface area (Å²) in [7, 11) is 0. The fraction of sp³-hybridized carbons (Fsp3) is 0.263. The van der Waals surface area contributed by atoms with Crippen LogP contribution in [0.15, 0.2) is 46.1 Å². The second kappa shape index (κ2) is 8.14. The maximum absolute atomic E-state index is 12.2. The highest BCUT2D eigenvalue weighted by molar-refractivity contribution is 7.99. The summed E-state index contributed by atoms with van der Waals surface area (Å²) >= 11 is 1.38. The van der Waals surface area contributed by atoms with Crippen molar-refractivity contribution in [3.63, 3.8) is 0 Å². The molecule has 3 aromatic rings. The zero-order valence-corrected chi connectivity index (χ0v) is 15.8. The fourth-order valence-corrected chi connectivity index (χ4v) is 3.03. The van der Waals surface area contributed by atoms with Crippen molar-refractivity contribution in [1.29, 1.82) is 0 Å². The van der Waals surface area contributed by atoms with Gasteiger partial charge in [-0.25, -0.2) is 4.98 Å². The van der Waals surface area contributed by atoms with Crippen molar-refractivity contribution in [1.82, 2.24) is 15.1 Å². The number of amides is 1. The number of thioether (sulfide) groups is 1. The van der Waals surface area contributed by atoms with Gasteiger partial charge >= 0.3 is 0 Å². The molecule has 1 amide bonds. The Bertz CT molecular complexity index is 906. The number of hydrogen-bond donors (Lipinski definition) is 1. The molecule has 0 spiro atoms. The van der Waals surface area contributed by atoms with Gasteiger partial charge in [0.1, 0.15) is 0 Å². The molecule has 0 aliphatic heterocycles. The Hall–Kier alpha value is -2.67. The summed E-state index contributed by atoms with van der Waals surface area (Å²) in [6.45, 7) is 5.98. The molecule has 7 heteroatoms. The van der Waals surface area contributed by atoms with E-state index in [4.69, 9.17) is 4.52 Å². The van der Waals surface area contributed by atoms with Gasteiger partial charge < -0.3 is 9.84 Å². The molecular formula is C19H20N4O2S. The third-order valence-corrected chi connectivity index (χ3v) is 4.72. The SMILES string of the molecule is CCc1noc(-c2ccc(SCC(=O)Nc3ccc(C)cc3C)nc2)n1. The summed E-state index contributed by atoms with van der Waals surface area (Å²) in [6, 6.07) is 9.67. The summed E-state index contributed by atoms with van der Waals surface area (Å²) in [4.78, 5) is 20.8. The summed E-state index contributed by atoms with van der Waals surface area (Å²) < 4.78 is 5.19. The summed E-state index contributed by atoms with van der Waals surface area (Å²) in [5.41, 5.74) is 3.83. The molecule has 0 radical (unpaired) electrons. The maximum Gasteiger partial charge on any atom is 0.259 e. The topological polar surface area (TPSA) is 80.9 Å². The van der Waals surface area contributed by atoms with Gasteiger partial charge in [0.2, 0.25) is 5.91 Å². The van der Waals surface area contributed by atoms with Crippen LogP contribution in [0.1, 0.15) is 23.9 Å². The predicted octanol–water partition coefficient (Wildman–Crippen LogP) is 4.04. The first-order valence-electron chi connectivity index (χ1n) is 8.34. The van der Waals surface area contributed by atoms with E-state index in [1.807, 2.05) is 51.1 Å². The molecule has 0 bridgehead atoms. The molecule has 0 aliphatic carbocycles. The third kappa shape index (κ3) is 4.49. The first kappa shape index (κ1) is 18.1. The van der Waals surface area contributed by atoms with Crippen LogP contribution in [0.5, 0.6) is 0 Å². The molecule has 6 nitrogen and oxygen atoms in total. The highest BCUT2D eigenvalue weighted by Crippen LogP contribution is 2.22. The third-order valence-electron chi connectivity index (χ3n) is 3.77. The standard InChI is InChI=1S/C19H20N4O2S/c1-4-16-22-19(25-23-16)14-6-8-18(20-10-14)26-11-17(24)21-15-7-5-12(2)9-13(15)3/h5-10H,4,11H2,1-3H3,(H,21,24). The van der Waals surface area contributed by atoms with Crippen molar-refractivity contribution < 1.29 is 9.32 Å². The van der Waals surface area contributed by atoms with Crippen molar-refractivity contribution in [2.24, 2.45) is 0 Å². The lowest BCUT2D eigenvalue weighted by atomic mass is 10.1. The van der Waals surface area contributed by atoms with Crippen molar-refractivity contribution in [3.05, 3.63) is 53.5 Å². The number of pyridine rings is 1. The van der Waals surface area contributed by atoms with Crippen LogP contribution in [0.3, 0.4) is 0 Å². The molecular weight excluding hydrogens is 348 g/mol. The molecule has 0 aliphatic rings. The van der Waals surface area contributed by atoms with Crippen molar-refractivity contribution in [2.45, 2.75) is 32.2 Å². The summed E-state index contributed by atoms with van der Waals surface area (Å²) in [5, 5.41) is 7.57. The second-order valence-corrected chi connectivity index (χ2v) is 6.91. The largest absolute Gasteiger partial charge is 0.334 e. The number of hydrogen-bond acceptors (Lipinski definition) is 6. The number of carbonyl (C=O) groups excluding carboxylic acids is 1. The number of benzene rings is 1. The van der Waals surface area contributed by atoms with Crippen LogP contribution in [0, 0.1) is 13.8 Å². The molecule has 0 saturated heterocycles. The average molecular weight is 368 g/mol. The number of aryl methyl sites for hydroxylation is 3. The number of carbonyl (C=O) groups is 1. The normalized spacial score (nSPS) is 10.7. The molecule has 1 aromatic carbocycles. The van der Waals surface area contributed by atoms with E-state index < -0.39 is 0 Å². The van der Waals surface area contributed by atoms with Gasteiger partial charge in [0.15, 0.2) is 5.82 Å². The van der Waals surface area contributed by atoms with Crippen LogP contribution in [0.2, 0.25) is 0 Å². The Balaban J connectivity index is 1.56. The lowest BCUT2D eigenvalue weighted by molar-refractivity contribution is -0.113. The Kier molecular flexibility index (Phi) is 5.68. The van der Waals surface area contributed by atoms with E-state index in [0.29, 0.717) is 17.5 Å². The van der Waals surface area contributed by atoms with E-state index in [9.17, 15) is 4.79 Å². The van der Waals surface area contributed by atoms with Crippen molar-refractivity contribution >= 4 is 23.4 Å². The van der Waals surface area contributed by atoms with E-state index in [-0.39, 0.29) is 5.91 Å². The molecule has 0 fully saturated rings. The molecule has 26 heavy (non-hydrogen) atoms. The van der Waals surface area contributed by atoms with Gasteiger partial charge in [0.05, 0.1) is 16.3 Å². The smallest absolute Gasteiger partial charge is 0.259 e. The molecule has 0 unspecified atom stereocenters. The van der Waals surface area contributed by atoms with Gasteiger partial charge in [-0.1, -0.05) is 41.5 Å². The summed E-state index contributed by atoms with van der Waals surface area (Å²) in [6.07, 6.45) is 2.40. The van der Waals surface area contributed by atoms with Gasteiger partial charge in [0, 0.05) is 18.3 Å². The Morgan fingerprint density at radius 2 is 2.08 bits per heavy atom. The van der Waals surface area contributed by atoms with E-state index in [0.717, 1.165) is 28.3 Å². The molecule has 1 N–H and O–H groups in total. The minimum Gasteiger partial charge on any atom is -0.334 e. The fourth-order valence-electron chi connectivity index (χ4n) is 2.39. The van der Waals surface area contributed by atoms with Crippen LogP contribution in [0.25, 0.3) is 11.5 Å². The quantitative estimate of drug-likeness (QED) is 0.661. The van der Waals surface area contributed by atoms with E-state index in [1.165, 1.54) is 17.3 Å². The zero-order valence-electron chi connectivity index (χ0n) is 14.9. The number of anilines is 1. The maximum atomic E-state index is 12.2. The summed E-state index contributed by atoms with van der Waals surface area (Å²) in [5.74, 6) is 1.36. The van der Waals surface area contributed by atoms with Gasteiger partial charge in [-0.15, -0.1) is 0 Å². The number of rotatable bonds is 6. The Morgan fingerprint density at radius 3 is 2.73 bits per heavy atom. The lowest BCUT2D eigenvalue weighted by Gasteiger charge is -2.09. The number of nitrogens with zero attached hydrogens (tertiary/aromatic N) is 3. The van der Waals surface area contributed by atoms with Crippen LogP contribution in [0.4, 0.5) is 5.69 Å². The minimum atomic E-state index is -0.0580. The monoisotopic (exact) mass is 368 g/mol. The van der Waals surface area contributed by atoms with Crippen LogP contribution in [-0.2, 0) is 11.2 Å². The van der Waals surface area contributed by atoms with E-state index in [1.54, 1.807) is 6.20 Å². The molecule has 3 rings (SSSR count). The van der Waals surface area contributed by atoms with E-state index in [2.05, 4.69) is 20.4 Å². The minimum absolute atomic E-state index is 0.0580. The first-order chi connectivity index (χ1) is 12.5. The first-order valence-corrected chi connectivity index (χ1v) is 9.32. The molecule has 0 atom stereocenters. The van der Waals surface area contributed by atoms with Gasteiger partial charge in [-0.2, -0.15) is 4.98 Å². The highest BCUT2D eigenvalue weighted by Gasteiger charge is 2.10. The van der Waals surface area contributed by atoms with Crippen molar-refractivity contribution in [3.8, 4) is 11.5 Å². The van der Waals surface area contributed by atoms with Crippen LogP contribution in [-0.4, -0.2) is 26.8 Å². The highest BCUT2D eigenvalue weighted by atomic mass is 32.2. The van der Waals surface area contributed by atoms with E-state index >= 15 is 0 Å². The molecule has 0 saturated carbocycles. The number of aromatic nitrogens is 3. The average Bonchev–Trinajstić information content (AvgIpc) is 3.12. The Labute approximate surface area is 156 Å². The van der Waals surface area contributed by atoms with Crippen LogP contribution >= 0.6 is 11.8 Å². The van der Waals surface area contributed by atoms with Crippen LogP contribution < -0.4 is 5.32 Å². The molecule has 134 valence electrons. The van der Waals surface area contributed by atoms with Gasteiger partial charge in [-0.05, 0) is 37.6 Å². The Morgan fingerprint density at radius 1 is 1.23 bits per heavy atom.